The Morgan fingerprint density at radius 3 is 1.83 bits per heavy atom. The molecule has 0 aliphatic heterocycles. The summed E-state index contributed by atoms with van der Waals surface area (Å²) in [4.78, 5) is 50.9. The molecule has 0 bridgehead atoms. The standard InChI is InChI=1S/C11H9ClN2O2.C7H8N2O.C6H10O4/c1-2-16-11(15)10-13-8-6-4-3-5-7(8)9(12)14-10;8-6-4-2-1-3-5(6)7(9)10;1-3-9-5(7)6(8)10-4-2/h3-6H,2H2,1H3;1-4H,8H2,(H2,9,10);3-4H2,1-2H3. The van der Waals surface area contributed by atoms with Crippen LogP contribution in [0, 0.1) is 0 Å². The quantitative estimate of drug-likeness (QED) is 0.168. The molecule has 0 aliphatic rings. The van der Waals surface area contributed by atoms with Gasteiger partial charge in [-0.1, -0.05) is 35.9 Å². The number of esters is 3. The molecule has 36 heavy (non-hydrogen) atoms. The molecule has 0 saturated heterocycles. The first-order valence-electron chi connectivity index (χ1n) is 10.7. The number of para-hydroxylation sites is 2. The third-order valence-corrected chi connectivity index (χ3v) is 4.25. The molecule has 12 heteroatoms. The van der Waals surface area contributed by atoms with Gasteiger partial charge in [-0.05, 0) is 45.0 Å². The SMILES string of the molecule is CCOC(=O)C(=O)OCC.CCOC(=O)c1nc(Cl)c2ccccc2n1.NC(=O)c1ccccc1N. The van der Waals surface area contributed by atoms with Crippen LogP contribution >= 0.6 is 11.6 Å². The van der Waals surface area contributed by atoms with Crippen molar-refractivity contribution in [3.8, 4) is 0 Å². The monoisotopic (exact) mass is 518 g/mol. The predicted molar refractivity (Wildman–Crippen MR) is 133 cm³/mol. The molecule has 0 atom stereocenters. The van der Waals surface area contributed by atoms with Crippen molar-refractivity contribution in [2.24, 2.45) is 5.73 Å². The van der Waals surface area contributed by atoms with Gasteiger partial charge in [0, 0.05) is 11.1 Å². The Balaban J connectivity index is 0.000000285. The van der Waals surface area contributed by atoms with Gasteiger partial charge in [0.25, 0.3) is 5.91 Å². The maximum Gasteiger partial charge on any atom is 0.417 e. The second-order valence-corrected chi connectivity index (χ2v) is 6.83. The highest BCUT2D eigenvalue weighted by Gasteiger charge is 2.15. The minimum atomic E-state index is -0.927. The van der Waals surface area contributed by atoms with Gasteiger partial charge < -0.3 is 25.7 Å². The first kappa shape index (κ1) is 29.8. The van der Waals surface area contributed by atoms with Gasteiger partial charge in [0.15, 0.2) is 0 Å². The molecule has 4 N–H and O–H groups in total. The Kier molecular flexibility index (Phi) is 12.9. The summed E-state index contributed by atoms with van der Waals surface area (Å²) in [6.45, 7) is 5.64. The van der Waals surface area contributed by atoms with E-state index in [1.165, 1.54) is 0 Å². The van der Waals surface area contributed by atoms with Crippen molar-refractivity contribution in [3.05, 3.63) is 65.1 Å². The van der Waals surface area contributed by atoms with E-state index in [0.717, 1.165) is 5.39 Å². The molecule has 0 radical (unpaired) electrons. The van der Waals surface area contributed by atoms with Gasteiger partial charge in [-0.3, -0.25) is 4.79 Å². The van der Waals surface area contributed by atoms with E-state index in [2.05, 4.69) is 19.4 Å². The van der Waals surface area contributed by atoms with Crippen LogP contribution < -0.4 is 11.5 Å². The number of hydrogen-bond donors (Lipinski definition) is 2. The Morgan fingerprint density at radius 2 is 1.33 bits per heavy atom. The van der Waals surface area contributed by atoms with Crippen molar-refractivity contribution in [1.82, 2.24) is 9.97 Å². The Hall–Kier alpha value is -4.25. The number of rotatable bonds is 5. The molecule has 192 valence electrons. The molecular formula is C24H27ClN4O7. The number of ether oxygens (including phenoxy) is 3. The van der Waals surface area contributed by atoms with Gasteiger partial charge in [-0.25, -0.2) is 24.4 Å². The highest BCUT2D eigenvalue weighted by molar-refractivity contribution is 6.34. The van der Waals surface area contributed by atoms with Crippen LogP contribution in [0.3, 0.4) is 0 Å². The van der Waals surface area contributed by atoms with Gasteiger partial charge in [-0.15, -0.1) is 0 Å². The number of nitrogens with zero attached hydrogens (tertiary/aromatic N) is 2. The molecule has 2 aromatic carbocycles. The molecule has 0 aliphatic carbocycles. The molecular weight excluding hydrogens is 492 g/mol. The number of carbonyl (C=O) groups is 4. The number of primary amides is 1. The zero-order valence-electron chi connectivity index (χ0n) is 20.0. The number of carbonyl (C=O) groups excluding carboxylic acids is 4. The summed E-state index contributed by atoms with van der Waals surface area (Å²) in [6.07, 6.45) is 0. The lowest BCUT2D eigenvalue weighted by atomic mass is 10.2. The zero-order chi connectivity index (χ0) is 27.1. The maximum atomic E-state index is 11.4. The van der Waals surface area contributed by atoms with E-state index in [-0.39, 0.29) is 30.8 Å². The number of anilines is 1. The lowest BCUT2D eigenvalue weighted by Crippen LogP contribution is -2.19. The van der Waals surface area contributed by atoms with Crippen molar-refractivity contribution in [2.75, 3.05) is 25.6 Å². The average molecular weight is 519 g/mol. The minimum absolute atomic E-state index is 0.00875. The number of nitrogens with two attached hydrogens (primary N) is 2. The first-order valence-corrected chi connectivity index (χ1v) is 11.1. The number of nitrogen functional groups attached to an aromatic ring is 1. The van der Waals surface area contributed by atoms with E-state index in [9.17, 15) is 19.2 Å². The molecule has 1 heterocycles. The first-order chi connectivity index (χ1) is 17.2. The average Bonchev–Trinajstić information content (AvgIpc) is 2.85. The van der Waals surface area contributed by atoms with E-state index in [1.54, 1.807) is 57.2 Å². The zero-order valence-corrected chi connectivity index (χ0v) is 20.8. The summed E-state index contributed by atoms with van der Waals surface area (Å²) in [5.74, 6) is -2.91. The Morgan fingerprint density at radius 1 is 0.806 bits per heavy atom. The molecule has 11 nitrogen and oxygen atoms in total. The van der Waals surface area contributed by atoms with Crippen molar-refractivity contribution in [3.63, 3.8) is 0 Å². The largest absolute Gasteiger partial charge is 0.460 e. The normalized spacial score (nSPS) is 9.56. The van der Waals surface area contributed by atoms with Crippen LogP contribution in [0.15, 0.2) is 48.5 Å². The fourth-order valence-corrected chi connectivity index (χ4v) is 2.67. The van der Waals surface area contributed by atoms with E-state index in [1.807, 2.05) is 12.1 Å². The molecule has 0 unspecified atom stereocenters. The highest BCUT2D eigenvalue weighted by atomic mass is 35.5. The second-order valence-electron chi connectivity index (χ2n) is 6.47. The van der Waals surface area contributed by atoms with Gasteiger partial charge in [0.2, 0.25) is 5.82 Å². The van der Waals surface area contributed by atoms with Crippen LogP contribution in [0.4, 0.5) is 5.69 Å². The summed E-state index contributed by atoms with van der Waals surface area (Å²) in [7, 11) is 0. The summed E-state index contributed by atoms with van der Waals surface area (Å²) in [5.41, 5.74) is 11.8. The maximum absolute atomic E-state index is 11.4. The summed E-state index contributed by atoms with van der Waals surface area (Å²) in [5, 5.41) is 0.978. The van der Waals surface area contributed by atoms with Crippen LogP contribution in [-0.2, 0) is 23.8 Å². The Labute approximate surface area is 212 Å². The number of benzene rings is 2. The smallest absolute Gasteiger partial charge is 0.417 e. The molecule has 0 spiro atoms. The number of hydrogen-bond acceptors (Lipinski definition) is 10. The fourth-order valence-electron chi connectivity index (χ4n) is 2.43. The van der Waals surface area contributed by atoms with Gasteiger partial charge in [0.05, 0.1) is 30.9 Å². The lowest BCUT2D eigenvalue weighted by molar-refractivity contribution is -0.167. The van der Waals surface area contributed by atoms with E-state index < -0.39 is 23.8 Å². The van der Waals surface area contributed by atoms with Crippen LogP contribution in [0.5, 0.6) is 0 Å². The van der Waals surface area contributed by atoms with Gasteiger partial charge >= 0.3 is 17.9 Å². The Bertz CT molecular complexity index is 1190. The van der Waals surface area contributed by atoms with Crippen LogP contribution in [0.1, 0.15) is 41.7 Å². The molecule has 3 aromatic rings. The number of amides is 1. The number of fused-ring (bicyclic) bond motifs is 1. The van der Waals surface area contributed by atoms with Crippen LogP contribution in [0.25, 0.3) is 10.9 Å². The molecule has 0 fully saturated rings. The van der Waals surface area contributed by atoms with E-state index in [4.69, 9.17) is 27.8 Å². The lowest BCUT2D eigenvalue weighted by Gasteiger charge is -2.03. The van der Waals surface area contributed by atoms with E-state index >= 15 is 0 Å². The van der Waals surface area contributed by atoms with Gasteiger partial charge in [-0.2, -0.15) is 0 Å². The fraction of sp³-hybridized carbons (Fsp3) is 0.250. The van der Waals surface area contributed by atoms with E-state index in [0.29, 0.717) is 16.8 Å². The third-order valence-electron chi connectivity index (χ3n) is 3.96. The van der Waals surface area contributed by atoms with Crippen molar-refractivity contribution in [2.45, 2.75) is 20.8 Å². The van der Waals surface area contributed by atoms with Crippen LogP contribution in [0.2, 0.25) is 5.15 Å². The van der Waals surface area contributed by atoms with Crippen molar-refractivity contribution < 1.29 is 33.4 Å². The molecule has 3 rings (SSSR count). The summed E-state index contributed by atoms with van der Waals surface area (Å²) in [6, 6.07) is 13.9. The molecule has 0 saturated carbocycles. The summed E-state index contributed by atoms with van der Waals surface area (Å²) < 4.78 is 13.5. The third kappa shape index (κ3) is 9.55. The molecule has 1 aromatic heterocycles. The van der Waals surface area contributed by atoms with Gasteiger partial charge in [0.1, 0.15) is 5.15 Å². The second kappa shape index (κ2) is 15.6. The predicted octanol–water partition coefficient (Wildman–Crippen LogP) is 2.94. The number of halogens is 1. The van der Waals surface area contributed by atoms with Crippen molar-refractivity contribution in [1.29, 1.82) is 0 Å². The summed E-state index contributed by atoms with van der Waals surface area (Å²) >= 11 is 5.95. The molecule has 1 amide bonds. The van der Waals surface area contributed by atoms with Crippen molar-refractivity contribution >= 4 is 52.0 Å². The minimum Gasteiger partial charge on any atom is -0.460 e. The topological polar surface area (TPSA) is 174 Å². The van der Waals surface area contributed by atoms with Crippen LogP contribution in [-0.4, -0.2) is 53.6 Å². The number of aromatic nitrogens is 2. The highest BCUT2D eigenvalue weighted by Crippen LogP contribution is 2.19.